The van der Waals surface area contributed by atoms with Crippen LogP contribution in [0.15, 0.2) is 48.5 Å². The summed E-state index contributed by atoms with van der Waals surface area (Å²) in [5, 5.41) is 6.25. The standard InChI is InChI=1S/C23H31N3O2/c1-17(24-19-7-5-18(6-8-19)23(2,3)4)22(27)25-20-9-11-21(12-10-20)26-13-15-28-16-14-26/h5-12,17,24H,13-16H2,1-4H3,(H,25,27)/t17-/m1/s1. The van der Waals surface area contributed by atoms with Crippen molar-refractivity contribution in [1.29, 1.82) is 0 Å². The van der Waals surface area contributed by atoms with Crippen molar-refractivity contribution in [3.8, 4) is 0 Å². The number of hydrogen-bond donors (Lipinski definition) is 2. The van der Waals surface area contributed by atoms with E-state index in [2.05, 4.69) is 48.4 Å². The molecule has 150 valence electrons. The lowest BCUT2D eigenvalue weighted by molar-refractivity contribution is -0.116. The topological polar surface area (TPSA) is 53.6 Å². The third-order valence-electron chi connectivity index (χ3n) is 5.04. The lowest BCUT2D eigenvalue weighted by atomic mass is 9.87. The Morgan fingerprint density at radius 1 is 0.964 bits per heavy atom. The van der Waals surface area contributed by atoms with Crippen LogP contribution in [-0.2, 0) is 14.9 Å². The summed E-state index contributed by atoms with van der Waals surface area (Å²) in [6.45, 7) is 11.8. The van der Waals surface area contributed by atoms with E-state index in [0.717, 1.165) is 43.4 Å². The third kappa shape index (κ3) is 5.26. The van der Waals surface area contributed by atoms with Crippen LogP contribution in [0.5, 0.6) is 0 Å². The van der Waals surface area contributed by atoms with Gasteiger partial charge in [-0.2, -0.15) is 0 Å². The van der Waals surface area contributed by atoms with E-state index in [1.807, 2.05) is 43.3 Å². The summed E-state index contributed by atoms with van der Waals surface area (Å²) in [6, 6.07) is 15.9. The molecule has 0 aromatic heterocycles. The van der Waals surface area contributed by atoms with Crippen molar-refractivity contribution in [1.82, 2.24) is 0 Å². The maximum Gasteiger partial charge on any atom is 0.246 e. The van der Waals surface area contributed by atoms with E-state index in [4.69, 9.17) is 4.74 Å². The van der Waals surface area contributed by atoms with Crippen LogP contribution in [0.25, 0.3) is 0 Å². The van der Waals surface area contributed by atoms with Crippen LogP contribution in [0, 0.1) is 0 Å². The Bertz CT molecular complexity index is 773. The zero-order chi connectivity index (χ0) is 20.1. The number of hydrogen-bond acceptors (Lipinski definition) is 4. The molecule has 0 spiro atoms. The zero-order valence-electron chi connectivity index (χ0n) is 17.3. The summed E-state index contributed by atoms with van der Waals surface area (Å²) >= 11 is 0. The molecule has 2 N–H and O–H groups in total. The summed E-state index contributed by atoms with van der Waals surface area (Å²) in [5.41, 5.74) is 4.30. The highest BCUT2D eigenvalue weighted by Crippen LogP contribution is 2.24. The fraction of sp³-hybridized carbons (Fsp3) is 0.435. The number of carbonyl (C=O) groups is 1. The predicted molar refractivity (Wildman–Crippen MR) is 116 cm³/mol. The molecule has 0 unspecified atom stereocenters. The van der Waals surface area contributed by atoms with Crippen molar-refractivity contribution in [2.45, 2.75) is 39.2 Å². The van der Waals surface area contributed by atoms with Crippen molar-refractivity contribution in [3.05, 3.63) is 54.1 Å². The third-order valence-corrected chi connectivity index (χ3v) is 5.04. The molecule has 1 aliphatic rings. The van der Waals surface area contributed by atoms with Gasteiger partial charge < -0.3 is 20.3 Å². The molecule has 1 aliphatic heterocycles. The Hall–Kier alpha value is -2.53. The number of nitrogens with zero attached hydrogens (tertiary/aromatic N) is 1. The lowest BCUT2D eigenvalue weighted by Crippen LogP contribution is -2.36. The largest absolute Gasteiger partial charge is 0.378 e. The minimum Gasteiger partial charge on any atom is -0.378 e. The van der Waals surface area contributed by atoms with Gasteiger partial charge in [0.15, 0.2) is 0 Å². The first-order valence-corrected chi connectivity index (χ1v) is 9.93. The highest BCUT2D eigenvalue weighted by molar-refractivity contribution is 5.96. The average Bonchev–Trinajstić information content (AvgIpc) is 2.69. The Labute approximate surface area is 168 Å². The molecule has 1 saturated heterocycles. The van der Waals surface area contributed by atoms with Gasteiger partial charge >= 0.3 is 0 Å². The Morgan fingerprint density at radius 3 is 2.11 bits per heavy atom. The number of ether oxygens (including phenoxy) is 1. The quantitative estimate of drug-likeness (QED) is 0.813. The first kappa shape index (κ1) is 20.2. The minimum absolute atomic E-state index is 0.0565. The zero-order valence-corrected chi connectivity index (χ0v) is 17.3. The molecule has 2 aromatic rings. The van der Waals surface area contributed by atoms with Gasteiger partial charge in [-0.05, 0) is 54.3 Å². The van der Waals surface area contributed by atoms with Crippen LogP contribution in [0.3, 0.4) is 0 Å². The van der Waals surface area contributed by atoms with Gasteiger partial charge in [0, 0.05) is 30.2 Å². The molecule has 5 nitrogen and oxygen atoms in total. The highest BCUT2D eigenvalue weighted by atomic mass is 16.5. The first-order chi connectivity index (χ1) is 13.3. The smallest absolute Gasteiger partial charge is 0.246 e. The van der Waals surface area contributed by atoms with Crippen molar-refractivity contribution < 1.29 is 9.53 Å². The number of benzene rings is 2. The average molecular weight is 382 g/mol. The van der Waals surface area contributed by atoms with Crippen LogP contribution in [-0.4, -0.2) is 38.3 Å². The molecule has 1 heterocycles. The van der Waals surface area contributed by atoms with Crippen LogP contribution in [0.1, 0.15) is 33.3 Å². The molecule has 2 aromatic carbocycles. The molecule has 0 bridgehead atoms. The van der Waals surface area contributed by atoms with Crippen LogP contribution in [0.2, 0.25) is 0 Å². The number of morpholine rings is 1. The molecular formula is C23H31N3O2. The lowest BCUT2D eigenvalue weighted by Gasteiger charge is -2.29. The summed E-state index contributed by atoms with van der Waals surface area (Å²) < 4.78 is 5.39. The SMILES string of the molecule is C[C@@H](Nc1ccc(C(C)(C)C)cc1)C(=O)Nc1ccc(N2CCOCC2)cc1. The van der Waals surface area contributed by atoms with Crippen LogP contribution in [0.4, 0.5) is 17.1 Å². The van der Waals surface area contributed by atoms with Gasteiger partial charge in [-0.1, -0.05) is 32.9 Å². The first-order valence-electron chi connectivity index (χ1n) is 9.93. The monoisotopic (exact) mass is 381 g/mol. The molecule has 0 saturated carbocycles. The number of carbonyl (C=O) groups excluding carboxylic acids is 1. The van der Waals surface area contributed by atoms with Crippen LogP contribution < -0.4 is 15.5 Å². The van der Waals surface area contributed by atoms with Gasteiger partial charge in [0.2, 0.25) is 5.91 Å². The number of nitrogens with one attached hydrogen (secondary N) is 2. The summed E-state index contributed by atoms with van der Waals surface area (Å²) in [7, 11) is 0. The second kappa shape index (κ2) is 8.65. The Kier molecular flexibility index (Phi) is 6.25. The van der Waals surface area contributed by atoms with Gasteiger partial charge in [-0.25, -0.2) is 0 Å². The van der Waals surface area contributed by atoms with E-state index >= 15 is 0 Å². The van der Waals surface area contributed by atoms with Crippen molar-refractivity contribution in [2.24, 2.45) is 0 Å². The molecule has 0 radical (unpaired) electrons. The summed E-state index contributed by atoms with van der Waals surface area (Å²) in [5.74, 6) is -0.0565. The molecular weight excluding hydrogens is 350 g/mol. The Balaban J connectivity index is 1.55. The van der Waals surface area contributed by atoms with Gasteiger partial charge in [0.25, 0.3) is 0 Å². The Morgan fingerprint density at radius 2 is 1.54 bits per heavy atom. The van der Waals surface area contributed by atoms with E-state index < -0.39 is 0 Å². The van der Waals surface area contributed by atoms with Crippen molar-refractivity contribution in [3.63, 3.8) is 0 Å². The highest BCUT2D eigenvalue weighted by Gasteiger charge is 2.16. The fourth-order valence-electron chi connectivity index (χ4n) is 3.21. The molecule has 1 atom stereocenters. The van der Waals surface area contributed by atoms with Crippen LogP contribution >= 0.6 is 0 Å². The maximum atomic E-state index is 12.5. The molecule has 1 amide bonds. The fourth-order valence-corrected chi connectivity index (χ4v) is 3.21. The summed E-state index contributed by atoms with van der Waals surface area (Å²) in [6.07, 6.45) is 0. The van der Waals surface area contributed by atoms with E-state index in [1.54, 1.807) is 0 Å². The maximum absolute atomic E-state index is 12.5. The normalized spacial score (nSPS) is 15.8. The molecule has 3 rings (SSSR count). The molecule has 1 fully saturated rings. The summed E-state index contributed by atoms with van der Waals surface area (Å²) in [4.78, 5) is 14.8. The van der Waals surface area contributed by atoms with Gasteiger partial charge in [-0.3, -0.25) is 4.79 Å². The second-order valence-corrected chi connectivity index (χ2v) is 8.33. The van der Waals surface area contributed by atoms with E-state index in [-0.39, 0.29) is 17.4 Å². The van der Waals surface area contributed by atoms with E-state index in [9.17, 15) is 4.79 Å². The second-order valence-electron chi connectivity index (χ2n) is 8.33. The number of anilines is 3. The number of rotatable bonds is 5. The number of amides is 1. The minimum atomic E-state index is -0.334. The van der Waals surface area contributed by atoms with E-state index in [1.165, 1.54) is 5.56 Å². The van der Waals surface area contributed by atoms with Gasteiger partial charge in [-0.15, -0.1) is 0 Å². The van der Waals surface area contributed by atoms with Crippen molar-refractivity contribution >= 4 is 23.0 Å². The molecule has 5 heteroatoms. The molecule has 28 heavy (non-hydrogen) atoms. The van der Waals surface area contributed by atoms with Gasteiger partial charge in [0.1, 0.15) is 6.04 Å². The molecule has 0 aliphatic carbocycles. The van der Waals surface area contributed by atoms with Crippen molar-refractivity contribution in [2.75, 3.05) is 41.8 Å². The predicted octanol–water partition coefficient (Wildman–Crippen LogP) is 4.26. The van der Waals surface area contributed by atoms with E-state index in [0.29, 0.717) is 0 Å². The van der Waals surface area contributed by atoms with Gasteiger partial charge in [0.05, 0.1) is 13.2 Å².